The van der Waals surface area contributed by atoms with Gasteiger partial charge in [0.05, 0.1) is 12.1 Å². The topological polar surface area (TPSA) is 52.5 Å². The maximum Gasteiger partial charge on any atom is 0.173 e. The molecule has 1 aliphatic rings. The number of rotatable bonds is 0. The lowest BCUT2D eigenvalue weighted by Gasteiger charge is -2.50. The molecule has 0 aliphatic carbocycles. The molecule has 1 rings (SSSR count). The first kappa shape index (κ1) is 9.92. The summed E-state index contributed by atoms with van der Waals surface area (Å²) in [7, 11) is 0. The Labute approximate surface area is 73.3 Å². The molecule has 12 heavy (non-hydrogen) atoms. The second-order valence-corrected chi connectivity index (χ2v) is 4.56. The summed E-state index contributed by atoms with van der Waals surface area (Å²) in [5.41, 5.74) is -0.861. The van der Waals surface area contributed by atoms with E-state index in [0.29, 0.717) is 13.1 Å². The number of nitrogens with zero attached hydrogens (tertiary/aromatic N) is 1. The summed E-state index contributed by atoms with van der Waals surface area (Å²) < 4.78 is 0. The number of quaternary nitrogens is 1. The molecule has 0 spiro atoms. The van der Waals surface area contributed by atoms with E-state index in [0.717, 1.165) is 0 Å². The van der Waals surface area contributed by atoms with Crippen LogP contribution in [-0.2, 0) is 0 Å². The van der Waals surface area contributed by atoms with E-state index >= 15 is 0 Å². The van der Waals surface area contributed by atoms with Gasteiger partial charge in [-0.05, 0) is 32.5 Å². The lowest BCUT2D eigenvalue weighted by Crippen LogP contribution is -2.76. The van der Waals surface area contributed by atoms with Crippen LogP contribution in [0.5, 0.6) is 0 Å². The summed E-state index contributed by atoms with van der Waals surface area (Å²) in [5, 5.41) is 22.7. The Kier molecular flexibility index (Phi) is 2.00. The van der Waals surface area contributed by atoms with E-state index < -0.39 is 10.3 Å². The van der Waals surface area contributed by atoms with Crippen LogP contribution < -0.4 is 5.32 Å². The Morgan fingerprint density at radius 2 is 1.67 bits per heavy atom. The highest BCUT2D eigenvalue weighted by Crippen LogP contribution is 2.33. The third kappa shape index (κ3) is 1.15. The van der Waals surface area contributed by atoms with Crippen LogP contribution in [0, 0.1) is 0 Å². The van der Waals surface area contributed by atoms with Crippen LogP contribution in [0.4, 0.5) is 0 Å². The zero-order chi connectivity index (χ0) is 9.62. The van der Waals surface area contributed by atoms with Crippen molar-refractivity contribution in [3.63, 3.8) is 0 Å². The second kappa shape index (κ2) is 2.42. The highest BCUT2D eigenvalue weighted by Gasteiger charge is 2.57. The molecule has 0 bridgehead atoms. The first-order valence-electron chi connectivity index (χ1n) is 4.29. The second-order valence-electron chi connectivity index (χ2n) is 4.56. The Morgan fingerprint density at radius 1 is 1.17 bits per heavy atom. The molecule has 0 aromatic carbocycles. The molecule has 0 aromatic rings. The molecule has 1 aliphatic heterocycles. The minimum absolute atomic E-state index is 0.269. The minimum atomic E-state index is -0.896. The van der Waals surface area contributed by atoms with E-state index in [-0.39, 0.29) is 5.54 Å². The van der Waals surface area contributed by atoms with Gasteiger partial charge in [-0.25, -0.2) is 0 Å². The largest absolute Gasteiger partial charge is 0.301 e. The van der Waals surface area contributed by atoms with Crippen molar-refractivity contribution in [2.45, 2.75) is 38.8 Å². The molecular formula is C8H19N2O2+. The Balaban J connectivity index is 2.99. The smallest absolute Gasteiger partial charge is 0.173 e. The zero-order valence-corrected chi connectivity index (χ0v) is 8.26. The van der Waals surface area contributed by atoms with E-state index in [1.165, 1.54) is 0 Å². The SMILES string of the molecule is CC1(C)NCC[N+](O)(O)C1(C)C. The summed E-state index contributed by atoms with van der Waals surface area (Å²) in [6.45, 7) is 8.61. The molecule has 4 heteroatoms. The van der Waals surface area contributed by atoms with Crippen LogP contribution in [-0.4, -0.2) is 39.4 Å². The van der Waals surface area contributed by atoms with Gasteiger partial charge in [0.25, 0.3) is 0 Å². The lowest BCUT2D eigenvalue weighted by molar-refractivity contribution is -1.28. The van der Waals surface area contributed by atoms with Crippen LogP contribution in [0.25, 0.3) is 0 Å². The summed E-state index contributed by atoms with van der Waals surface area (Å²) >= 11 is 0. The van der Waals surface area contributed by atoms with Crippen molar-refractivity contribution in [3.8, 4) is 0 Å². The van der Waals surface area contributed by atoms with Crippen molar-refractivity contribution in [2.75, 3.05) is 13.1 Å². The van der Waals surface area contributed by atoms with Crippen LogP contribution >= 0.6 is 0 Å². The quantitative estimate of drug-likeness (QED) is 0.476. The van der Waals surface area contributed by atoms with Crippen molar-refractivity contribution >= 4 is 0 Å². The molecule has 1 saturated heterocycles. The third-order valence-corrected chi connectivity index (χ3v) is 3.42. The van der Waals surface area contributed by atoms with E-state index in [1.54, 1.807) is 0 Å². The Bertz CT molecular complexity index is 169. The van der Waals surface area contributed by atoms with Crippen molar-refractivity contribution in [3.05, 3.63) is 0 Å². The number of hydrogen-bond acceptors (Lipinski definition) is 3. The van der Waals surface area contributed by atoms with Gasteiger partial charge in [0.2, 0.25) is 0 Å². The van der Waals surface area contributed by atoms with Gasteiger partial charge in [-0.2, -0.15) is 10.4 Å². The van der Waals surface area contributed by atoms with E-state index in [1.807, 2.05) is 27.7 Å². The molecule has 0 radical (unpaired) electrons. The monoisotopic (exact) mass is 175 g/mol. The highest BCUT2D eigenvalue weighted by molar-refractivity contribution is 4.96. The van der Waals surface area contributed by atoms with E-state index in [9.17, 15) is 10.4 Å². The van der Waals surface area contributed by atoms with E-state index in [2.05, 4.69) is 5.32 Å². The van der Waals surface area contributed by atoms with Gasteiger partial charge in [-0.1, -0.05) is 0 Å². The van der Waals surface area contributed by atoms with Gasteiger partial charge < -0.3 is 5.32 Å². The molecule has 0 atom stereocenters. The fourth-order valence-electron chi connectivity index (χ4n) is 1.47. The predicted molar refractivity (Wildman–Crippen MR) is 44.9 cm³/mol. The third-order valence-electron chi connectivity index (χ3n) is 3.42. The average molecular weight is 175 g/mol. The van der Waals surface area contributed by atoms with Crippen LogP contribution in [0.1, 0.15) is 27.7 Å². The first-order chi connectivity index (χ1) is 5.21. The van der Waals surface area contributed by atoms with Crippen LogP contribution in [0.15, 0.2) is 0 Å². The number of hydrogen-bond donors (Lipinski definition) is 3. The molecule has 0 unspecified atom stereocenters. The van der Waals surface area contributed by atoms with Crippen molar-refractivity contribution in [1.29, 1.82) is 0 Å². The minimum Gasteiger partial charge on any atom is -0.301 e. The molecule has 0 saturated carbocycles. The fraction of sp³-hybridized carbons (Fsp3) is 1.00. The standard InChI is InChI=1S/C8H19N2O2/c1-7(2)8(3,4)10(11,12)6-5-9-7/h9,11-12H,5-6H2,1-4H3/q+1. The number of piperazine rings is 1. The molecule has 4 nitrogen and oxygen atoms in total. The molecule has 1 heterocycles. The van der Waals surface area contributed by atoms with Gasteiger partial charge >= 0.3 is 0 Å². The number of hydroxylamine groups is 4. The zero-order valence-electron chi connectivity index (χ0n) is 8.26. The molecule has 0 amide bonds. The van der Waals surface area contributed by atoms with Gasteiger partial charge in [-0.15, -0.1) is 0 Å². The van der Waals surface area contributed by atoms with Gasteiger partial charge in [-0.3, -0.25) is 0 Å². The van der Waals surface area contributed by atoms with Crippen molar-refractivity contribution < 1.29 is 15.2 Å². The summed E-state index contributed by atoms with van der Waals surface area (Å²) in [6.07, 6.45) is 0. The maximum atomic E-state index is 9.69. The molecular weight excluding hydrogens is 156 g/mol. The lowest BCUT2D eigenvalue weighted by atomic mass is 9.80. The predicted octanol–water partition coefficient (Wildman–Crippen LogP) is 0.742. The number of nitrogens with one attached hydrogen (secondary N) is 1. The van der Waals surface area contributed by atoms with Gasteiger partial charge in [0, 0.05) is 0 Å². The van der Waals surface area contributed by atoms with Crippen LogP contribution in [0.3, 0.4) is 0 Å². The molecule has 3 N–H and O–H groups in total. The molecule has 1 fully saturated rings. The average Bonchev–Trinajstić information content (AvgIpc) is 1.83. The van der Waals surface area contributed by atoms with Crippen molar-refractivity contribution in [2.24, 2.45) is 0 Å². The van der Waals surface area contributed by atoms with Crippen molar-refractivity contribution in [1.82, 2.24) is 5.32 Å². The molecule has 0 aromatic heterocycles. The Morgan fingerprint density at radius 3 is 2.00 bits per heavy atom. The Hall–Kier alpha value is -0.160. The van der Waals surface area contributed by atoms with Crippen LogP contribution in [0.2, 0.25) is 0 Å². The summed E-state index contributed by atoms with van der Waals surface area (Å²) in [4.78, 5) is -0.896. The fourth-order valence-corrected chi connectivity index (χ4v) is 1.47. The van der Waals surface area contributed by atoms with Gasteiger partial charge in [0.1, 0.15) is 0 Å². The summed E-state index contributed by atoms with van der Waals surface area (Å²) in [6, 6.07) is 0. The normalized spacial score (nSPS) is 31.5. The molecule has 72 valence electrons. The van der Waals surface area contributed by atoms with Gasteiger partial charge in [0.15, 0.2) is 12.1 Å². The first-order valence-corrected chi connectivity index (χ1v) is 4.29. The van der Waals surface area contributed by atoms with E-state index in [4.69, 9.17) is 0 Å². The maximum absolute atomic E-state index is 9.69. The highest BCUT2D eigenvalue weighted by atomic mass is 16.8. The summed E-state index contributed by atoms with van der Waals surface area (Å²) in [5.74, 6) is 0.